The fourth-order valence-electron chi connectivity index (χ4n) is 3.61. The molecule has 0 saturated heterocycles. The fraction of sp³-hybridized carbons (Fsp3) is 0.350. The van der Waals surface area contributed by atoms with Gasteiger partial charge < -0.3 is 5.32 Å². The maximum absolute atomic E-state index is 12.9. The zero-order valence-electron chi connectivity index (χ0n) is 15.9. The Kier molecular flexibility index (Phi) is 4.94. The molecule has 1 amide bonds. The molecule has 1 aliphatic rings. The van der Waals surface area contributed by atoms with Gasteiger partial charge in [-0.1, -0.05) is 12.1 Å². The first-order valence-corrected chi connectivity index (χ1v) is 10.0. The van der Waals surface area contributed by atoms with Gasteiger partial charge in [-0.15, -0.1) is 11.3 Å². The number of nitrogens with zero attached hydrogens (tertiary/aromatic N) is 3. The lowest BCUT2D eigenvalue weighted by Gasteiger charge is -2.23. The van der Waals surface area contributed by atoms with Gasteiger partial charge in [-0.2, -0.15) is 18.3 Å². The lowest BCUT2D eigenvalue weighted by molar-refractivity contribution is -0.137. The van der Waals surface area contributed by atoms with E-state index in [1.165, 1.54) is 23.5 Å². The van der Waals surface area contributed by atoms with E-state index < -0.39 is 11.7 Å². The number of halogens is 3. The molecule has 9 heteroatoms. The first kappa shape index (κ1) is 19.6. The number of carbonyl (C=O) groups excluding carboxylic acids is 1. The highest BCUT2D eigenvalue weighted by molar-refractivity contribution is 7.17. The van der Waals surface area contributed by atoms with E-state index >= 15 is 0 Å². The first-order chi connectivity index (χ1) is 13.7. The largest absolute Gasteiger partial charge is 0.416 e. The Morgan fingerprint density at radius 1 is 1.28 bits per heavy atom. The van der Waals surface area contributed by atoms with Crippen LogP contribution in [0.4, 0.5) is 13.2 Å². The van der Waals surface area contributed by atoms with Crippen LogP contribution in [0.2, 0.25) is 0 Å². The van der Waals surface area contributed by atoms with Crippen molar-refractivity contribution >= 4 is 17.2 Å². The van der Waals surface area contributed by atoms with Gasteiger partial charge in [-0.3, -0.25) is 9.48 Å². The number of nitrogens with one attached hydrogen (secondary N) is 1. The van der Waals surface area contributed by atoms with Crippen LogP contribution in [0.25, 0.3) is 10.6 Å². The van der Waals surface area contributed by atoms with E-state index in [9.17, 15) is 18.0 Å². The summed E-state index contributed by atoms with van der Waals surface area (Å²) < 4.78 is 40.1. The molecule has 152 valence electrons. The summed E-state index contributed by atoms with van der Waals surface area (Å²) in [6, 6.07) is 4.71. The number of fused-ring (bicyclic) bond motifs is 1. The van der Waals surface area contributed by atoms with Gasteiger partial charge >= 0.3 is 6.18 Å². The van der Waals surface area contributed by atoms with Crippen LogP contribution in [0.5, 0.6) is 0 Å². The van der Waals surface area contributed by atoms with E-state index in [1.54, 1.807) is 13.1 Å². The van der Waals surface area contributed by atoms with Crippen molar-refractivity contribution < 1.29 is 18.0 Å². The highest BCUT2D eigenvalue weighted by Gasteiger charge is 2.30. The minimum atomic E-state index is -4.38. The number of carbonyl (C=O) groups is 1. The number of alkyl halides is 3. The minimum absolute atomic E-state index is 0.101. The summed E-state index contributed by atoms with van der Waals surface area (Å²) in [4.78, 5) is 17.7. The van der Waals surface area contributed by atoms with Crippen molar-refractivity contribution in [1.82, 2.24) is 20.1 Å². The van der Waals surface area contributed by atoms with Crippen LogP contribution in [-0.2, 0) is 19.6 Å². The SMILES string of the molecule is Cc1nc(-c2ccc(C(F)(F)F)cc2)sc1C(=O)NC1CCCc2c1cnn2C. The number of amides is 1. The highest BCUT2D eigenvalue weighted by Crippen LogP contribution is 2.34. The molecular weight excluding hydrogens is 401 g/mol. The van der Waals surface area contributed by atoms with Crippen LogP contribution in [0.3, 0.4) is 0 Å². The topological polar surface area (TPSA) is 59.8 Å². The van der Waals surface area contributed by atoms with E-state index in [-0.39, 0.29) is 11.9 Å². The number of benzene rings is 1. The van der Waals surface area contributed by atoms with Crippen molar-refractivity contribution in [2.24, 2.45) is 7.05 Å². The maximum Gasteiger partial charge on any atom is 0.416 e. The second-order valence-electron chi connectivity index (χ2n) is 7.10. The Bertz CT molecular complexity index is 1050. The summed E-state index contributed by atoms with van der Waals surface area (Å²) in [5, 5.41) is 7.88. The maximum atomic E-state index is 12.9. The van der Waals surface area contributed by atoms with Gasteiger partial charge in [-0.25, -0.2) is 4.98 Å². The fourth-order valence-corrected chi connectivity index (χ4v) is 4.59. The second-order valence-corrected chi connectivity index (χ2v) is 8.10. The third-order valence-electron chi connectivity index (χ3n) is 5.14. The zero-order valence-corrected chi connectivity index (χ0v) is 16.7. The molecule has 0 radical (unpaired) electrons. The van der Waals surface area contributed by atoms with Crippen LogP contribution in [0.1, 0.15) is 51.1 Å². The molecule has 2 aromatic heterocycles. The van der Waals surface area contributed by atoms with Crippen LogP contribution < -0.4 is 5.32 Å². The van der Waals surface area contributed by atoms with Crippen molar-refractivity contribution in [3.8, 4) is 10.6 Å². The van der Waals surface area contributed by atoms with Crippen LogP contribution in [-0.4, -0.2) is 20.7 Å². The van der Waals surface area contributed by atoms with E-state index in [1.807, 2.05) is 11.7 Å². The molecule has 0 fully saturated rings. The summed E-state index contributed by atoms with van der Waals surface area (Å²) >= 11 is 1.18. The Morgan fingerprint density at radius 2 is 2.00 bits per heavy atom. The molecule has 1 N–H and O–H groups in total. The van der Waals surface area contributed by atoms with Gasteiger partial charge in [0.2, 0.25) is 0 Å². The zero-order chi connectivity index (χ0) is 20.8. The molecule has 0 saturated carbocycles. The van der Waals surface area contributed by atoms with E-state index in [0.29, 0.717) is 21.1 Å². The molecular formula is C20H19F3N4OS. The van der Waals surface area contributed by atoms with Crippen molar-refractivity contribution in [2.75, 3.05) is 0 Å². The lowest BCUT2D eigenvalue weighted by Crippen LogP contribution is -2.30. The van der Waals surface area contributed by atoms with E-state index in [4.69, 9.17) is 0 Å². The molecule has 2 heterocycles. The predicted molar refractivity (Wildman–Crippen MR) is 104 cm³/mol. The third-order valence-corrected chi connectivity index (χ3v) is 6.35. The molecule has 5 nitrogen and oxygen atoms in total. The average molecular weight is 420 g/mol. The quantitative estimate of drug-likeness (QED) is 0.669. The summed E-state index contributed by atoms with van der Waals surface area (Å²) in [6.07, 6.45) is 0.167. The molecule has 0 aliphatic heterocycles. The summed E-state index contributed by atoms with van der Waals surface area (Å²) in [5.41, 5.74) is 2.57. The molecule has 1 atom stereocenters. The van der Waals surface area contributed by atoms with E-state index in [0.717, 1.165) is 42.7 Å². The van der Waals surface area contributed by atoms with Gasteiger partial charge in [0.25, 0.3) is 5.91 Å². The standard InChI is InChI=1S/C20H19F3N4OS/c1-11-17(18(28)26-15-4-3-5-16-14(15)10-24-27(16)2)29-19(25-11)12-6-8-13(9-7-12)20(21,22)23/h6-10,15H,3-5H2,1-2H3,(H,26,28). The van der Waals surface area contributed by atoms with Crippen LogP contribution in [0, 0.1) is 6.92 Å². The lowest BCUT2D eigenvalue weighted by atomic mass is 9.93. The number of hydrogen-bond donors (Lipinski definition) is 1. The van der Waals surface area contributed by atoms with Gasteiger partial charge in [0.05, 0.1) is 23.5 Å². The van der Waals surface area contributed by atoms with Crippen molar-refractivity contribution in [3.05, 3.63) is 57.9 Å². The Labute approximate surface area is 169 Å². The van der Waals surface area contributed by atoms with Crippen molar-refractivity contribution in [2.45, 2.75) is 38.4 Å². The molecule has 3 aromatic rings. The van der Waals surface area contributed by atoms with Crippen LogP contribution in [0.15, 0.2) is 30.5 Å². The summed E-state index contributed by atoms with van der Waals surface area (Å²) in [7, 11) is 1.90. The molecule has 0 bridgehead atoms. The van der Waals surface area contributed by atoms with Gasteiger partial charge in [-0.05, 0) is 38.3 Å². The first-order valence-electron chi connectivity index (χ1n) is 9.20. The molecule has 1 unspecified atom stereocenters. The predicted octanol–water partition coefficient (Wildman–Crippen LogP) is 4.68. The molecule has 4 rings (SSSR count). The average Bonchev–Trinajstić information content (AvgIpc) is 3.25. The smallest absolute Gasteiger partial charge is 0.344 e. The molecule has 29 heavy (non-hydrogen) atoms. The number of hydrogen-bond acceptors (Lipinski definition) is 4. The summed E-state index contributed by atoms with van der Waals surface area (Å²) in [5.74, 6) is -0.222. The highest BCUT2D eigenvalue weighted by atomic mass is 32.1. The van der Waals surface area contributed by atoms with Crippen molar-refractivity contribution in [3.63, 3.8) is 0 Å². The number of rotatable bonds is 3. The third kappa shape index (κ3) is 3.78. The summed E-state index contributed by atoms with van der Waals surface area (Å²) in [6.45, 7) is 1.73. The minimum Gasteiger partial charge on any atom is -0.344 e. The monoisotopic (exact) mass is 420 g/mol. The Hall–Kier alpha value is -2.68. The van der Waals surface area contributed by atoms with Gasteiger partial charge in [0, 0.05) is 23.9 Å². The Morgan fingerprint density at radius 3 is 2.69 bits per heavy atom. The van der Waals surface area contributed by atoms with Gasteiger partial charge in [0.1, 0.15) is 9.88 Å². The van der Waals surface area contributed by atoms with Gasteiger partial charge in [0.15, 0.2) is 0 Å². The molecule has 0 spiro atoms. The number of aromatic nitrogens is 3. The number of thiazole rings is 1. The van der Waals surface area contributed by atoms with Crippen LogP contribution >= 0.6 is 11.3 Å². The molecule has 1 aliphatic carbocycles. The Balaban J connectivity index is 1.55. The normalized spacial score (nSPS) is 16.5. The molecule has 1 aromatic carbocycles. The second kappa shape index (κ2) is 7.29. The van der Waals surface area contributed by atoms with Crippen molar-refractivity contribution in [1.29, 1.82) is 0 Å². The number of aryl methyl sites for hydroxylation is 2. The van der Waals surface area contributed by atoms with E-state index in [2.05, 4.69) is 15.4 Å².